The number of imide groups is 1. The molecule has 0 saturated carbocycles. The maximum absolute atomic E-state index is 12.6. The summed E-state index contributed by atoms with van der Waals surface area (Å²) < 4.78 is 4.86. The van der Waals surface area contributed by atoms with Gasteiger partial charge in [-0.25, -0.2) is 4.79 Å². The molecule has 1 aliphatic heterocycles. The van der Waals surface area contributed by atoms with E-state index in [0.29, 0.717) is 11.1 Å². The lowest BCUT2D eigenvalue weighted by Gasteiger charge is -2.22. The van der Waals surface area contributed by atoms with E-state index in [1.165, 1.54) is 19.4 Å². The maximum Gasteiger partial charge on any atom is 0.404 e. The number of benzene rings is 1. The van der Waals surface area contributed by atoms with E-state index < -0.39 is 23.9 Å². The molecular formula is C17H19N3O6. The maximum atomic E-state index is 12.6. The molecule has 1 fully saturated rings. The minimum absolute atomic E-state index is 0.0301. The number of carbonyl (C=O) groups is 4. The van der Waals surface area contributed by atoms with Crippen LogP contribution in [0.4, 0.5) is 4.79 Å². The van der Waals surface area contributed by atoms with Gasteiger partial charge in [0.05, 0.1) is 13.4 Å². The van der Waals surface area contributed by atoms with Crippen molar-refractivity contribution in [1.29, 1.82) is 0 Å². The molecule has 0 aromatic heterocycles. The van der Waals surface area contributed by atoms with Crippen LogP contribution in [0.2, 0.25) is 0 Å². The first kappa shape index (κ1) is 19.0. The minimum Gasteiger partial charge on any atom is -0.504 e. The molecule has 9 heteroatoms. The topological polar surface area (TPSA) is 134 Å². The molecule has 1 atom stereocenters. The van der Waals surface area contributed by atoms with Crippen molar-refractivity contribution < 1.29 is 29.0 Å². The summed E-state index contributed by atoms with van der Waals surface area (Å²) >= 11 is 0. The smallest absolute Gasteiger partial charge is 0.404 e. The van der Waals surface area contributed by atoms with Crippen LogP contribution < -0.4 is 16.0 Å². The first-order valence-corrected chi connectivity index (χ1v) is 7.84. The SMILES string of the molecule is CO/C=C/c1ccc(CNC(=O)O)cc1C(=O)NC1CCC(=O)NC1=O. The van der Waals surface area contributed by atoms with Crippen LogP contribution in [0.5, 0.6) is 0 Å². The van der Waals surface area contributed by atoms with Crippen molar-refractivity contribution in [3.8, 4) is 0 Å². The van der Waals surface area contributed by atoms with E-state index in [0.717, 1.165) is 0 Å². The molecule has 0 aliphatic carbocycles. The van der Waals surface area contributed by atoms with Crippen LogP contribution in [-0.2, 0) is 20.9 Å². The van der Waals surface area contributed by atoms with E-state index >= 15 is 0 Å². The highest BCUT2D eigenvalue weighted by Crippen LogP contribution is 2.16. The predicted molar refractivity (Wildman–Crippen MR) is 91.0 cm³/mol. The summed E-state index contributed by atoms with van der Waals surface area (Å²) in [6, 6.07) is 4.05. The highest BCUT2D eigenvalue weighted by Gasteiger charge is 2.28. The Labute approximate surface area is 149 Å². The molecule has 0 bridgehead atoms. The molecular weight excluding hydrogens is 342 g/mol. The van der Waals surface area contributed by atoms with Crippen molar-refractivity contribution in [2.24, 2.45) is 0 Å². The third-order valence-corrected chi connectivity index (χ3v) is 3.73. The molecule has 4 N–H and O–H groups in total. The Kier molecular flexibility index (Phi) is 6.31. The van der Waals surface area contributed by atoms with E-state index in [9.17, 15) is 19.2 Å². The monoisotopic (exact) mass is 361 g/mol. The van der Waals surface area contributed by atoms with Crippen molar-refractivity contribution in [2.45, 2.75) is 25.4 Å². The van der Waals surface area contributed by atoms with Gasteiger partial charge in [0.15, 0.2) is 0 Å². The highest BCUT2D eigenvalue weighted by molar-refractivity contribution is 6.04. The van der Waals surface area contributed by atoms with Gasteiger partial charge < -0.3 is 20.5 Å². The van der Waals surface area contributed by atoms with Crippen molar-refractivity contribution in [3.63, 3.8) is 0 Å². The van der Waals surface area contributed by atoms with Crippen LogP contribution in [0.25, 0.3) is 6.08 Å². The molecule has 9 nitrogen and oxygen atoms in total. The summed E-state index contributed by atoms with van der Waals surface area (Å²) in [5.41, 5.74) is 1.37. The molecule has 1 aromatic rings. The second-order valence-corrected chi connectivity index (χ2v) is 5.60. The van der Waals surface area contributed by atoms with E-state index in [1.54, 1.807) is 18.2 Å². The Morgan fingerprint density at radius 3 is 2.81 bits per heavy atom. The largest absolute Gasteiger partial charge is 0.504 e. The van der Waals surface area contributed by atoms with Crippen molar-refractivity contribution >= 4 is 29.9 Å². The zero-order valence-corrected chi connectivity index (χ0v) is 14.1. The number of rotatable bonds is 6. The summed E-state index contributed by atoms with van der Waals surface area (Å²) in [5.74, 6) is -1.43. The predicted octanol–water partition coefficient (Wildman–Crippen LogP) is 0.606. The van der Waals surface area contributed by atoms with E-state index in [-0.39, 0.29) is 30.9 Å². The van der Waals surface area contributed by atoms with Gasteiger partial charge in [0, 0.05) is 18.5 Å². The molecule has 1 unspecified atom stereocenters. The number of carboxylic acid groups (broad SMARTS) is 1. The molecule has 2 rings (SSSR count). The molecule has 138 valence electrons. The lowest BCUT2D eigenvalue weighted by molar-refractivity contribution is -0.134. The molecule has 1 aromatic carbocycles. The summed E-state index contributed by atoms with van der Waals surface area (Å²) in [6.07, 6.45) is 2.17. The van der Waals surface area contributed by atoms with Crippen molar-refractivity contribution in [2.75, 3.05) is 7.11 Å². The summed E-state index contributed by atoms with van der Waals surface area (Å²) in [4.78, 5) is 46.3. The highest BCUT2D eigenvalue weighted by atomic mass is 16.5. The third kappa shape index (κ3) is 5.07. The normalized spacial score (nSPS) is 16.9. The molecule has 4 amide bonds. The second-order valence-electron chi connectivity index (χ2n) is 5.60. The Balaban J connectivity index is 2.22. The summed E-state index contributed by atoms with van der Waals surface area (Å²) in [6.45, 7) is 0.0301. The van der Waals surface area contributed by atoms with Crippen molar-refractivity contribution in [1.82, 2.24) is 16.0 Å². The Bertz CT molecular complexity index is 759. The van der Waals surface area contributed by atoms with Gasteiger partial charge in [-0.3, -0.25) is 19.7 Å². The quantitative estimate of drug-likeness (QED) is 0.433. The van der Waals surface area contributed by atoms with Gasteiger partial charge in [0.2, 0.25) is 11.8 Å². The molecule has 26 heavy (non-hydrogen) atoms. The Morgan fingerprint density at radius 2 is 2.15 bits per heavy atom. The minimum atomic E-state index is -1.18. The molecule has 0 spiro atoms. The lowest BCUT2D eigenvalue weighted by atomic mass is 10.0. The number of nitrogens with one attached hydrogen (secondary N) is 3. The molecule has 1 heterocycles. The number of carbonyl (C=O) groups excluding carboxylic acids is 3. The van der Waals surface area contributed by atoms with Gasteiger partial charge in [0.25, 0.3) is 5.91 Å². The van der Waals surface area contributed by atoms with Crippen LogP contribution in [0.1, 0.15) is 34.3 Å². The molecule has 1 saturated heterocycles. The fraction of sp³-hybridized carbons (Fsp3) is 0.294. The summed E-state index contributed by atoms with van der Waals surface area (Å²) in [7, 11) is 1.46. The average molecular weight is 361 g/mol. The Morgan fingerprint density at radius 1 is 1.38 bits per heavy atom. The van der Waals surface area contributed by atoms with E-state index in [4.69, 9.17) is 9.84 Å². The Hall–Kier alpha value is -3.36. The van der Waals surface area contributed by atoms with Gasteiger partial charge in [-0.1, -0.05) is 12.1 Å². The molecule has 0 radical (unpaired) electrons. The first-order chi connectivity index (χ1) is 12.4. The number of piperidine rings is 1. The van der Waals surface area contributed by atoms with Gasteiger partial charge in [-0.05, 0) is 29.7 Å². The van der Waals surface area contributed by atoms with Gasteiger partial charge in [0.1, 0.15) is 6.04 Å². The van der Waals surface area contributed by atoms with Gasteiger partial charge >= 0.3 is 6.09 Å². The molecule has 1 aliphatic rings. The number of hydrogen-bond acceptors (Lipinski definition) is 5. The average Bonchev–Trinajstić information content (AvgIpc) is 2.60. The standard InChI is InChI=1S/C17H19N3O6/c1-26-7-6-11-3-2-10(9-18-17(24)25)8-12(11)15(22)19-13-4-5-14(21)20-16(13)23/h2-3,6-8,13,18H,4-5,9H2,1H3,(H,19,22)(H,24,25)(H,20,21,23)/b7-6+. The van der Waals surface area contributed by atoms with Crippen LogP contribution in [0.15, 0.2) is 24.5 Å². The van der Waals surface area contributed by atoms with E-state index in [1.807, 2.05) is 0 Å². The zero-order chi connectivity index (χ0) is 19.1. The second kappa shape index (κ2) is 8.65. The van der Waals surface area contributed by atoms with Crippen LogP contribution >= 0.6 is 0 Å². The number of ether oxygens (including phenoxy) is 1. The first-order valence-electron chi connectivity index (χ1n) is 7.84. The van der Waals surface area contributed by atoms with Crippen LogP contribution in [0, 0.1) is 0 Å². The fourth-order valence-corrected chi connectivity index (χ4v) is 2.44. The lowest BCUT2D eigenvalue weighted by Crippen LogP contribution is -2.52. The van der Waals surface area contributed by atoms with Crippen molar-refractivity contribution in [3.05, 3.63) is 41.2 Å². The number of amides is 4. The van der Waals surface area contributed by atoms with E-state index in [2.05, 4.69) is 16.0 Å². The zero-order valence-electron chi connectivity index (χ0n) is 14.1. The van der Waals surface area contributed by atoms with Crippen LogP contribution in [0.3, 0.4) is 0 Å². The van der Waals surface area contributed by atoms with Gasteiger partial charge in [-0.15, -0.1) is 0 Å². The number of methoxy groups -OCH3 is 1. The number of hydrogen-bond donors (Lipinski definition) is 4. The fourth-order valence-electron chi connectivity index (χ4n) is 2.44. The van der Waals surface area contributed by atoms with Crippen LogP contribution in [-0.4, -0.2) is 42.1 Å². The van der Waals surface area contributed by atoms with Gasteiger partial charge in [-0.2, -0.15) is 0 Å². The summed E-state index contributed by atoms with van der Waals surface area (Å²) in [5, 5.41) is 15.7. The third-order valence-electron chi connectivity index (χ3n) is 3.73.